The molecule has 1 saturated heterocycles. The lowest BCUT2D eigenvalue weighted by molar-refractivity contribution is 0.0339. The molecule has 4 heteroatoms. The highest BCUT2D eigenvalue weighted by molar-refractivity contribution is 9.10. The van der Waals surface area contributed by atoms with Crippen LogP contribution in [0.25, 0.3) is 0 Å². The Hall–Kier alpha value is 0.1000. The van der Waals surface area contributed by atoms with Crippen molar-refractivity contribution < 1.29 is 4.74 Å². The van der Waals surface area contributed by atoms with Crippen LogP contribution in [-0.2, 0) is 11.2 Å². The number of likely N-dealkylation sites (N-methyl/N-ethyl adjacent to an activating group) is 1. The Bertz CT molecular complexity index is 342. The van der Waals surface area contributed by atoms with Crippen LogP contribution >= 0.6 is 27.3 Å². The van der Waals surface area contributed by atoms with Gasteiger partial charge in [0, 0.05) is 21.8 Å². The van der Waals surface area contributed by atoms with E-state index in [0.29, 0.717) is 18.2 Å². The number of nitrogens with one attached hydrogen (secondary N) is 1. The SMILES string of the molecule is CNC(Cc1sccc1Br)C1CCC(C)O1. The summed E-state index contributed by atoms with van der Waals surface area (Å²) in [6.45, 7) is 2.16. The van der Waals surface area contributed by atoms with Gasteiger partial charge in [0.2, 0.25) is 0 Å². The zero-order chi connectivity index (χ0) is 11.5. The van der Waals surface area contributed by atoms with E-state index in [9.17, 15) is 0 Å². The predicted octanol–water partition coefficient (Wildman–Crippen LogP) is 3.21. The Morgan fingerprint density at radius 1 is 1.62 bits per heavy atom. The van der Waals surface area contributed by atoms with Crippen molar-refractivity contribution in [3.05, 3.63) is 20.8 Å². The summed E-state index contributed by atoms with van der Waals surface area (Å²) >= 11 is 5.40. The lowest BCUT2D eigenvalue weighted by atomic mass is 10.0. The second-order valence-electron chi connectivity index (χ2n) is 4.35. The minimum absolute atomic E-state index is 0.369. The second-order valence-corrected chi connectivity index (χ2v) is 6.21. The maximum atomic E-state index is 5.93. The van der Waals surface area contributed by atoms with Gasteiger partial charge < -0.3 is 10.1 Å². The molecule has 2 rings (SSSR count). The lowest BCUT2D eigenvalue weighted by Gasteiger charge is -2.22. The molecule has 0 spiro atoms. The largest absolute Gasteiger partial charge is 0.374 e. The molecule has 1 aromatic heterocycles. The molecule has 0 aromatic carbocycles. The second kappa shape index (κ2) is 5.63. The first-order chi connectivity index (χ1) is 7.70. The molecule has 90 valence electrons. The van der Waals surface area contributed by atoms with Crippen LogP contribution in [0, 0.1) is 0 Å². The van der Waals surface area contributed by atoms with Crippen molar-refractivity contribution in [2.75, 3.05) is 7.05 Å². The third-order valence-corrected chi connectivity index (χ3v) is 5.13. The molecule has 1 aliphatic rings. The summed E-state index contributed by atoms with van der Waals surface area (Å²) in [5, 5.41) is 5.52. The average molecular weight is 304 g/mol. The fraction of sp³-hybridized carbons (Fsp3) is 0.667. The molecule has 1 N–H and O–H groups in total. The zero-order valence-corrected chi connectivity index (χ0v) is 12.1. The van der Waals surface area contributed by atoms with Crippen molar-refractivity contribution in [1.82, 2.24) is 5.32 Å². The van der Waals surface area contributed by atoms with E-state index in [2.05, 4.69) is 39.6 Å². The molecule has 1 fully saturated rings. The molecule has 0 bridgehead atoms. The molecule has 3 unspecified atom stereocenters. The molecule has 1 aromatic rings. The first-order valence-corrected chi connectivity index (χ1v) is 7.42. The van der Waals surface area contributed by atoms with E-state index in [1.54, 1.807) is 0 Å². The Kier molecular flexibility index (Phi) is 4.41. The van der Waals surface area contributed by atoms with Crippen molar-refractivity contribution in [3.8, 4) is 0 Å². The molecule has 0 aliphatic carbocycles. The average Bonchev–Trinajstić information content (AvgIpc) is 2.85. The Morgan fingerprint density at radius 2 is 2.44 bits per heavy atom. The fourth-order valence-electron chi connectivity index (χ4n) is 2.22. The van der Waals surface area contributed by atoms with Crippen LogP contribution in [0.2, 0.25) is 0 Å². The van der Waals surface area contributed by atoms with Gasteiger partial charge in [0.15, 0.2) is 0 Å². The molecule has 2 heterocycles. The number of rotatable bonds is 4. The van der Waals surface area contributed by atoms with Gasteiger partial charge in [0.1, 0.15) is 0 Å². The Labute approximate surface area is 110 Å². The van der Waals surface area contributed by atoms with Gasteiger partial charge in [-0.25, -0.2) is 0 Å². The first-order valence-electron chi connectivity index (χ1n) is 5.75. The van der Waals surface area contributed by atoms with Gasteiger partial charge in [-0.2, -0.15) is 0 Å². The van der Waals surface area contributed by atoms with E-state index in [0.717, 1.165) is 6.42 Å². The van der Waals surface area contributed by atoms with Crippen LogP contribution in [0.1, 0.15) is 24.6 Å². The molecular formula is C12H18BrNOS. The fourth-order valence-corrected chi connectivity index (χ4v) is 3.79. The van der Waals surface area contributed by atoms with Crippen LogP contribution in [0.4, 0.5) is 0 Å². The standard InChI is InChI=1S/C12H18BrNOS/c1-8-3-4-11(15-8)10(14-2)7-12-9(13)5-6-16-12/h5-6,8,10-11,14H,3-4,7H2,1-2H3. The van der Waals surface area contributed by atoms with Crippen LogP contribution in [0.3, 0.4) is 0 Å². The van der Waals surface area contributed by atoms with Gasteiger partial charge in [0.25, 0.3) is 0 Å². The smallest absolute Gasteiger partial charge is 0.0736 e. The highest BCUT2D eigenvalue weighted by Crippen LogP contribution is 2.28. The van der Waals surface area contributed by atoms with E-state index in [1.807, 2.05) is 18.4 Å². The number of halogens is 1. The quantitative estimate of drug-likeness (QED) is 0.922. The topological polar surface area (TPSA) is 21.3 Å². The van der Waals surface area contributed by atoms with E-state index >= 15 is 0 Å². The van der Waals surface area contributed by atoms with Crippen molar-refractivity contribution in [3.63, 3.8) is 0 Å². The molecule has 3 atom stereocenters. The molecule has 0 amide bonds. The lowest BCUT2D eigenvalue weighted by Crippen LogP contribution is -2.39. The molecule has 1 aliphatic heterocycles. The normalized spacial score (nSPS) is 27.2. The van der Waals surface area contributed by atoms with Gasteiger partial charge in [-0.1, -0.05) is 0 Å². The molecule has 2 nitrogen and oxygen atoms in total. The van der Waals surface area contributed by atoms with Gasteiger partial charge in [-0.05, 0) is 54.2 Å². The molecular weight excluding hydrogens is 286 g/mol. The predicted molar refractivity (Wildman–Crippen MR) is 72.1 cm³/mol. The number of hydrogen-bond acceptors (Lipinski definition) is 3. The number of ether oxygens (including phenoxy) is 1. The van der Waals surface area contributed by atoms with Crippen LogP contribution < -0.4 is 5.32 Å². The minimum atomic E-state index is 0.369. The minimum Gasteiger partial charge on any atom is -0.374 e. The summed E-state index contributed by atoms with van der Waals surface area (Å²) in [6, 6.07) is 2.55. The van der Waals surface area contributed by atoms with E-state index in [1.165, 1.54) is 22.2 Å². The number of hydrogen-bond donors (Lipinski definition) is 1. The maximum absolute atomic E-state index is 5.93. The summed E-state index contributed by atoms with van der Waals surface area (Å²) in [7, 11) is 2.03. The highest BCUT2D eigenvalue weighted by atomic mass is 79.9. The van der Waals surface area contributed by atoms with Gasteiger partial charge in [-0.3, -0.25) is 0 Å². The van der Waals surface area contributed by atoms with E-state index < -0.39 is 0 Å². The van der Waals surface area contributed by atoms with Crippen molar-refractivity contribution in [2.24, 2.45) is 0 Å². The summed E-state index contributed by atoms with van der Waals surface area (Å²) in [5.74, 6) is 0. The Balaban J connectivity index is 1.98. The van der Waals surface area contributed by atoms with Crippen molar-refractivity contribution >= 4 is 27.3 Å². The van der Waals surface area contributed by atoms with Crippen LogP contribution in [-0.4, -0.2) is 25.3 Å². The summed E-state index contributed by atoms with van der Waals surface area (Å²) < 4.78 is 7.16. The summed E-state index contributed by atoms with van der Waals surface area (Å²) in [6.07, 6.45) is 4.21. The van der Waals surface area contributed by atoms with Gasteiger partial charge in [0.05, 0.1) is 12.2 Å². The van der Waals surface area contributed by atoms with Crippen molar-refractivity contribution in [2.45, 2.75) is 44.4 Å². The molecule has 16 heavy (non-hydrogen) atoms. The van der Waals surface area contributed by atoms with E-state index in [-0.39, 0.29) is 0 Å². The third kappa shape index (κ3) is 2.86. The third-order valence-electron chi connectivity index (χ3n) is 3.18. The zero-order valence-electron chi connectivity index (χ0n) is 9.70. The van der Waals surface area contributed by atoms with Crippen LogP contribution in [0.15, 0.2) is 15.9 Å². The molecule has 0 saturated carbocycles. The highest BCUT2D eigenvalue weighted by Gasteiger charge is 2.29. The molecule has 0 radical (unpaired) electrons. The first kappa shape index (κ1) is 12.6. The van der Waals surface area contributed by atoms with Crippen LogP contribution in [0.5, 0.6) is 0 Å². The Morgan fingerprint density at radius 3 is 2.94 bits per heavy atom. The van der Waals surface area contributed by atoms with Gasteiger partial charge >= 0.3 is 0 Å². The number of thiophene rings is 1. The summed E-state index contributed by atoms with van der Waals surface area (Å²) in [4.78, 5) is 1.41. The van der Waals surface area contributed by atoms with Crippen molar-refractivity contribution in [1.29, 1.82) is 0 Å². The van der Waals surface area contributed by atoms with E-state index in [4.69, 9.17) is 4.74 Å². The summed E-state index contributed by atoms with van der Waals surface area (Å²) in [5.41, 5.74) is 0. The maximum Gasteiger partial charge on any atom is 0.0736 e. The monoisotopic (exact) mass is 303 g/mol. The van der Waals surface area contributed by atoms with Gasteiger partial charge in [-0.15, -0.1) is 11.3 Å².